The van der Waals surface area contributed by atoms with E-state index in [4.69, 9.17) is 4.42 Å². The molecule has 0 unspecified atom stereocenters. The van der Waals surface area contributed by atoms with Gasteiger partial charge < -0.3 is 14.6 Å². The molecule has 0 atom stereocenters. The fourth-order valence-electron chi connectivity index (χ4n) is 2.02. The third kappa shape index (κ3) is 4.66. The Morgan fingerprint density at radius 1 is 1.14 bits per heavy atom. The fourth-order valence-corrected chi connectivity index (χ4v) is 2.02. The van der Waals surface area contributed by atoms with Crippen LogP contribution < -0.4 is 15.5 Å². The summed E-state index contributed by atoms with van der Waals surface area (Å²) in [6.45, 7) is 1.04. The number of hydrogen-bond acceptors (Lipinski definition) is 4. The lowest BCUT2D eigenvalue weighted by atomic mass is 10.2. The molecule has 0 aliphatic heterocycles. The molecule has 0 radical (unpaired) electrons. The Morgan fingerprint density at radius 2 is 1.91 bits per heavy atom. The number of rotatable bonds is 6. The normalized spacial score (nSPS) is 10.0. The van der Waals surface area contributed by atoms with Gasteiger partial charge in [0.25, 0.3) is 0 Å². The number of furan rings is 1. The van der Waals surface area contributed by atoms with Crippen LogP contribution >= 0.6 is 0 Å². The van der Waals surface area contributed by atoms with Gasteiger partial charge in [0.1, 0.15) is 5.76 Å². The zero-order valence-corrected chi connectivity index (χ0v) is 12.4. The van der Waals surface area contributed by atoms with Crippen LogP contribution in [0.2, 0.25) is 0 Å². The highest BCUT2D eigenvalue weighted by Gasteiger charge is 2.12. The summed E-state index contributed by atoms with van der Waals surface area (Å²) in [4.78, 5) is 24.9. The van der Waals surface area contributed by atoms with E-state index in [2.05, 4.69) is 10.6 Å². The van der Waals surface area contributed by atoms with E-state index < -0.39 is 6.03 Å². The minimum absolute atomic E-state index is 0.211. The predicted octanol–water partition coefficient (Wildman–Crippen LogP) is 2.13. The van der Waals surface area contributed by atoms with E-state index in [-0.39, 0.29) is 12.3 Å². The molecule has 2 N–H and O–H groups in total. The van der Waals surface area contributed by atoms with Crippen LogP contribution in [0.25, 0.3) is 0 Å². The van der Waals surface area contributed by atoms with Gasteiger partial charge in [-0.2, -0.15) is 0 Å². The third-order valence-electron chi connectivity index (χ3n) is 3.14. The maximum atomic E-state index is 11.7. The van der Waals surface area contributed by atoms with Gasteiger partial charge >= 0.3 is 6.03 Å². The molecule has 0 spiro atoms. The molecule has 6 nitrogen and oxygen atoms in total. The first-order chi connectivity index (χ1) is 10.7. The van der Waals surface area contributed by atoms with E-state index in [1.54, 1.807) is 6.26 Å². The summed E-state index contributed by atoms with van der Waals surface area (Å²) in [5.41, 5.74) is 0.992. The van der Waals surface area contributed by atoms with Gasteiger partial charge in [-0.1, -0.05) is 18.2 Å². The number of imide groups is 1. The first-order valence-electron chi connectivity index (χ1n) is 7.03. The van der Waals surface area contributed by atoms with Gasteiger partial charge in [-0.05, 0) is 24.3 Å². The highest BCUT2D eigenvalue weighted by atomic mass is 16.3. The average Bonchev–Trinajstić information content (AvgIpc) is 3.05. The molecule has 0 aliphatic carbocycles. The van der Waals surface area contributed by atoms with Crippen molar-refractivity contribution in [2.75, 3.05) is 18.5 Å². The van der Waals surface area contributed by atoms with E-state index in [9.17, 15) is 9.59 Å². The lowest BCUT2D eigenvalue weighted by molar-refractivity contribution is -0.119. The Bertz CT molecular complexity index is 596. The van der Waals surface area contributed by atoms with E-state index >= 15 is 0 Å². The smallest absolute Gasteiger partial charge is 0.321 e. The van der Waals surface area contributed by atoms with Crippen molar-refractivity contribution in [2.24, 2.45) is 0 Å². The molecule has 22 heavy (non-hydrogen) atoms. The second-order valence-electron chi connectivity index (χ2n) is 4.71. The van der Waals surface area contributed by atoms with Crippen molar-refractivity contribution in [2.45, 2.75) is 13.0 Å². The van der Waals surface area contributed by atoms with Crippen molar-refractivity contribution in [1.82, 2.24) is 10.6 Å². The minimum atomic E-state index is -0.498. The summed E-state index contributed by atoms with van der Waals surface area (Å²) < 4.78 is 5.37. The molecule has 6 heteroatoms. The molecule has 2 aromatic rings. The predicted molar refractivity (Wildman–Crippen MR) is 83.4 cm³/mol. The number of anilines is 1. The summed E-state index contributed by atoms with van der Waals surface area (Å²) in [5, 5.41) is 4.61. The van der Waals surface area contributed by atoms with Crippen LogP contribution in [0.3, 0.4) is 0 Å². The van der Waals surface area contributed by atoms with Crippen molar-refractivity contribution in [3.63, 3.8) is 0 Å². The summed E-state index contributed by atoms with van der Waals surface area (Å²) in [6, 6.07) is 13.0. The largest absolute Gasteiger partial charge is 0.467 e. The molecule has 3 amide bonds. The van der Waals surface area contributed by atoms with Crippen molar-refractivity contribution in [3.8, 4) is 0 Å². The molecule has 0 aliphatic rings. The quantitative estimate of drug-likeness (QED) is 0.857. The third-order valence-corrected chi connectivity index (χ3v) is 3.14. The van der Waals surface area contributed by atoms with E-state index in [1.165, 1.54) is 7.05 Å². The van der Waals surface area contributed by atoms with Crippen molar-refractivity contribution in [1.29, 1.82) is 0 Å². The Balaban J connectivity index is 1.99. The molecule has 0 fully saturated rings. The monoisotopic (exact) mass is 301 g/mol. The number of benzene rings is 1. The van der Waals surface area contributed by atoms with Crippen molar-refractivity contribution < 1.29 is 14.0 Å². The minimum Gasteiger partial charge on any atom is -0.467 e. The van der Waals surface area contributed by atoms with Crippen LogP contribution in [0, 0.1) is 0 Å². The molecule has 1 aromatic carbocycles. The number of urea groups is 1. The highest BCUT2D eigenvalue weighted by molar-refractivity contribution is 5.94. The van der Waals surface area contributed by atoms with Crippen LogP contribution in [-0.4, -0.2) is 25.5 Å². The number of nitrogens with zero attached hydrogens (tertiary/aromatic N) is 1. The molecule has 2 rings (SSSR count). The van der Waals surface area contributed by atoms with Gasteiger partial charge in [0.15, 0.2) is 0 Å². The van der Waals surface area contributed by atoms with Gasteiger partial charge in [0.2, 0.25) is 5.91 Å². The number of amides is 3. The number of carbonyl (C=O) groups excluding carboxylic acids is 2. The van der Waals surface area contributed by atoms with Gasteiger partial charge in [-0.25, -0.2) is 4.79 Å². The topological polar surface area (TPSA) is 74.6 Å². The van der Waals surface area contributed by atoms with Gasteiger partial charge in [-0.15, -0.1) is 0 Å². The molecule has 1 heterocycles. The van der Waals surface area contributed by atoms with E-state index in [0.29, 0.717) is 13.1 Å². The summed E-state index contributed by atoms with van der Waals surface area (Å²) in [6.07, 6.45) is 1.83. The molecular weight excluding hydrogens is 282 g/mol. The SMILES string of the molecule is CNC(=O)NC(=O)CCN(Cc1ccco1)c1ccccc1. The standard InChI is InChI=1S/C16H19N3O3/c1-17-16(21)18-15(20)9-10-19(12-14-8-5-11-22-14)13-6-3-2-4-7-13/h2-8,11H,9-10,12H2,1H3,(H2,17,18,20,21). The zero-order valence-electron chi connectivity index (χ0n) is 12.4. The molecule has 0 saturated carbocycles. The highest BCUT2D eigenvalue weighted by Crippen LogP contribution is 2.17. The maximum Gasteiger partial charge on any atom is 0.321 e. The Hall–Kier alpha value is -2.76. The lowest BCUT2D eigenvalue weighted by Crippen LogP contribution is -2.39. The molecular formula is C16H19N3O3. The lowest BCUT2D eigenvalue weighted by Gasteiger charge is -2.23. The van der Waals surface area contributed by atoms with E-state index in [1.807, 2.05) is 47.4 Å². The molecule has 116 valence electrons. The first kappa shape index (κ1) is 15.6. The van der Waals surface area contributed by atoms with Crippen molar-refractivity contribution in [3.05, 3.63) is 54.5 Å². The molecule has 1 aromatic heterocycles. The summed E-state index contributed by atoms with van der Waals surface area (Å²) >= 11 is 0. The van der Waals surface area contributed by atoms with Gasteiger partial charge in [-0.3, -0.25) is 10.1 Å². The first-order valence-corrected chi connectivity index (χ1v) is 7.03. The zero-order chi connectivity index (χ0) is 15.8. The Kier molecular flexibility index (Phi) is 5.59. The van der Waals surface area contributed by atoms with Crippen LogP contribution in [0.5, 0.6) is 0 Å². The van der Waals surface area contributed by atoms with Crippen LogP contribution in [0.4, 0.5) is 10.5 Å². The van der Waals surface area contributed by atoms with Gasteiger partial charge in [0.05, 0.1) is 12.8 Å². The van der Waals surface area contributed by atoms with Crippen molar-refractivity contribution >= 4 is 17.6 Å². The second kappa shape index (κ2) is 7.87. The number of hydrogen-bond donors (Lipinski definition) is 2. The number of carbonyl (C=O) groups is 2. The Morgan fingerprint density at radius 3 is 2.55 bits per heavy atom. The number of nitrogens with one attached hydrogen (secondary N) is 2. The number of para-hydroxylation sites is 1. The fraction of sp³-hybridized carbons (Fsp3) is 0.250. The van der Waals surface area contributed by atoms with Crippen LogP contribution in [0.1, 0.15) is 12.2 Å². The molecule has 0 saturated heterocycles. The summed E-state index contributed by atoms with van der Waals surface area (Å²) in [7, 11) is 1.47. The molecule has 0 bridgehead atoms. The Labute approximate surface area is 129 Å². The second-order valence-corrected chi connectivity index (χ2v) is 4.71. The van der Waals surface area contributed by atoms with E-state index in [0.717, 1.165) is 11.4 Å². The average molecular weight is 301 g/mol. The maximum absolute atomic E-state index is 11.7. The van der Waals surface area contributed by atoms with Crippen LogP contribution in [-0.2, 0) is 11.3 Å². The van der Waals surface area contributed by atoms with Gasteiger partial charge in [0, 0.05) is 25.7 Å². The van der Waals surface area contributed by atoms with Crippen LogP contribution in [0.15, 0.2) is 53.1 Å². The summed E-state index contributed by atoms with van der Waals surface area (Å²) in [5.74, 6) is 0.496.